The standard InChI is InChI=1S/C92H61N3/c1-4-20-60(21-5-1)64-26-16-28-66(48-64)70-32-19-33-78(54-70)93-88-39-15-12-36-84(88)91-90(93)47-45-83-81-34-10-14-38-87(81)95(92(83)91)80-55-74(62-24-8-3-9-25-62)52-75(58-80)68-30-18-31-69(50-68)77-53-76(67-29-17-27-65(49-67)61-22-6-2-7-23-61)56-79(57-77)94-86-37-13-11-35-82(86)85-59-73(44-46-89(85)94)72-43-41-63-40-42-71(63)51-72/h1-39,41,43-59H,40,42H2. The molecule has 0 N–H and O–H groups in total. The number of hydrogen-bond donors (Lipinski definition) is 0. The van der Waals surface area contributed by atoms with E-state index in [1.807, 2.05) is 0 Å². The lowest BCUT2D eigenvalue weighted by molar-refractivity contribution is 0.840. The van der Waals surface area contributed by atoms with Crippen molar-refractivity contribution < 1.29 is 0 Å². The molecule has 0 saturated carbocycles. The van der Waals surface area contributed by atoms with Crippen LogP contribution in [0.15, 0.2) is 346 Å². The number of benzene rings is 15. The Hall–Kier alpha value is -12.3. The van der Waals surface area contributed by atoms with E-state index in [9.17, 15) is 0 Å². The van der Waals surface area contributed by atoms with Crippen LogP contribution in [0.3, 0.4) is 0 Å². The highest BCUT2D eigenvalue weighted by molar-refractivity contribution is 6.26. The van der Waals surface area contributed by atoms with E-state index < -0.39 is 0 Å². The second kappa shape index (κ2) is 22.2. The van der Waals surface area contributed by atoms with Gasteiger partial charge in [-0.25, -0.2) is 0 Å². The molecule has 0 aliphatic heterocycles. The first-order valence-electron chi connectivity index (χ1n) is 33.1. The Morgan fingerprint density at radius 3 is 1.07 bits per heavy atom. The van der Waals surface area contributed by atoms with Crippen molar-refractivity contribution in [2.45, 2.75) is 12.8 Å². The topological polar surface area (TPSA) is 14.8 Å². The first-order valence-corrected chi connectivity index (χ1v) is 33.1. The molecule has 3 nitrogen and oxygen atoms in total. The number of aryl methyl sites for hydroxylation is 2. The molecule has 95 heavy (non-hydrogen) atoms. The van der Waals surface area contributed by atoms with Crippen molar-refractivity contribution in [1.82, 2.24) is 13.7 Å². The molecule has 1 aliphatic rings. The van der Waals surface area contributed by atoms with Crippen LogP contribution in [0.2, 0.25) is 0 Å². The van der Waals surface area contributed by atoms with Gasteiger partial charge in [-0.3, -0.25) is 0 Å². The monoisotopic (exact) mass is 1210 g/mol. The minimum absolute atomic E-state index is 1.10. The van der Waals surface area contributed by atoms with Crippen LogP contribution in [-0.4, -0.2) is 13.7 Å². The summed E-state index contributed by atoms with van der Waals surface area (Å²) in [4.78, 5) is 0. The predicted molar refractivity (Wildman–Crippen MR) is 400 cm³/mol. The molecule has 0 fully saturated rings. The summed E-state index contributed by atoms with van der Waals surface area (Å²) in [5.74, 6) is 0. The highest BCUT2D eigenvalue weighted by Gasteiger charge is 2.24. The fourth-order valence-corrected chi connectivity index (χ4v) is 15.4. The molecule has 0 spiro atoms. The van der Waals surface area contributed by atoms with Gasteiger partial charge in [0.25, 0.3) is 0 Å². The minimum Gasteiger partial charge on any atom is -0.309 e. The smallest absolute Gasteiger partial charge is 0.0641 e. The third-order valence-corrected chi connectivity index (χ3v) is 20.0. The fraction of sp³-hybridized carbons (Fsp3) is 0.0217. The average molecular weight is 1210 g/mol. The largest absolute Gasteiger partial charge is 0.309 e. The van der Waals surface area contributed by atoms with Gasteiger partial charge >= 0.3 is 0 Å². The fourth-order valence-electron chi connectivity index (χ4n) is 15.4. The summed E-state index contributed by atoms with van der Waals surface area (Å²) in [6.07, 6.45) is 2.34. The van der Waals surface area contributed by atoms with Crippen molar-refractivity contribution in [3.8, 4) is 106 Å². The number of hydrogen-bond acceptors (Lipinski definition) is 0. The average Bonchev–Trinajstić information content (AvgIpc) is 1.55. The summed E-state index contributed by atoms with van der Waals surface area (Å²) in [5.41, 5.74) is 32.2. The molecule has 0 saturated heterocycles. The number of para-hydroxylation sites is 3. The van der Waals surface area contributed by atoms with Crippen LogP contribution in [0.4, 0.5) is 0 Å². The number of rotatable bonds is 11. The Kier molecular flexibility index (Phi) is 12.7. The predicted octanol–water partition coefficient (Wildman–Crippen LogP) is 24.4. The number of aromatic nitrogens is 3. The minimum atomic E-state index is 1.10. The summed E-state index contributed by atoms with van der Waals surface area (Å²) >= 11 is 0. The third-order valence-electron chi connectivity index (χ3n) is 20.0. The maximum Gasteiger partial charge on any atom is 0.0641 e. The van der Waals surface area contributed by atoms with Gasteiger partial charge in [0.2, 0.25) is 0 Å². The lowest BCUT2D eigenvalue weighted by atomic mass is 9.86. The van der Waals surface area contributed by atoms with Crippen molar-refractivity contribution in [2.24, 2.45) is 0 Å². The zero-order valence-electron chi connectivity index (χ0n) is 52.2. The highest BCUT2D eigenvalue weighted by Crippen LogP contribution is 2.46. The molecule has 0 amide bonds. The molecule has 0 unspecified atom stereocenters. The molecular weight excluding hydrogens is 1150 g/mol. The van der Waals surface area contributed by atoms with E-state index in [2.05, 4.69) is 359 Å². The normalized spacial score (nSPS) is 12.1. The van der Waals surface area contributed by atoms with Gasteiger partial charge < -0.3 is 13.7 Å². The van der Waals surface area contributed by atoms with Gasteiger partial charge in [-0.1, -0.05) is 243 Å². The summed E-state index contributed by atoms with van der Waals surface area (Å²) < 4.78 is 7.51. The maximum absolute atomic E-state index is 2.55. The SMILES string of the molecule is c1ccc(-c2cccc(-c3cc(-c4cccc(-c5cc(-c6ccccc6)cc(-n6c7ccccc7c7ccc8c(c9ccccc9n8-c8cccc(-c9cccc(-c%10ccccc%10)c9)c8)c76)c5)c4)cc(-n4c5ccccc5c5cc(-c6ccc7c(c6)CC7)ccc54)c3)c2)cc1. The van der Waals surface area contributed by atoms with E-state index in [1.165, 1.54) is 111 Å². The Balaban J connectivity index is 0.791. The van der Waals surface area contributed by atoms with Gasteiger partial charge in [-0.15, -0.1) is 0 Å². The molecule has 19 rings (SSSR count). The molecule has 3 heteroatoms. The first kappa shape index (κ1) is 54.4. The van der Waals surface area contributed by atoms with Crippen molar-refractivity contribution in [2.75, 3.05) is 0 Å². The van der Waals surface area contributed by atoms with Crippen molar-refractivity contribution >= 4 is 65.4 Å². The number of nitrogens with zero attached hydrogens (tertiary/aromatic N) is 3. The molecule has 444 valence electrons. The molecule has 3 heterocycles. The lowest BCUT2D eigenvalue weighted by Gasteiger charge is -2.19. The van der Waals surface area contributed by atoms with Crippen LogP contribution >= 0.6 is 0 Å². The Bertz CT molecular complexity index is 6080. The van der Waals surface area contributed by atoms with Gasteiger partial charge in [-0.05, 0) is 216 Å². The van der Waals surface area contributed by atoms with Gasteiger partial charge in [0.05, 0.1) is 33.1 Å². The second-order valence-electron chi connectivity index (χ2n) is 25.6. The quantitative estimate of drug-likeness (QED) is 0.123. The van der Waals surface area contributed by atoms with Crippen molar-refractivity contribution in [3.63, 3.8) is 0 Å². The van der Waals surface area contributed by atoms with Gasteiger partial charge in [0, 0.05) is 49.4 Å². The molecular formula is C92H61N3. The van der Waals surface area contributed by atoms with E-state index in [1.54, 1.807) is 0 Å². The van der Waals surface area contributed by atoms with E-state index in [0.29, 0.717) is 0 Å². The molecule has 1 aliphatic carbocycles. The van der Waals surface area contributed by atoms with Crippen LogP contribution in [0, 0.1) is 0 Å². The summed E-state index contributed by atoms with van der Waals surface area (Å²) in [6, 6.07) is 129. The van der Waals surface area contributed by atoms with Crippen LogP contribution in [-0.2, 0) is 12.8 Å². The van der Waals surface area contributed by atoms with Crippen molar-refractivity contribution in [3.05, 3.63) is 357 Å². The van der Waals surface area contributed by atoms with Gasteiger partial charge in [0.1, 0.15) is 0 Å². The van der Waals surface area contributed by atoms with Gasteiger partial charge in [0.15, 0.2) is 0 Å². The molecule has 18 aromatic rings. The first-order chi connectivity index (χ1) is 47.1. The zero-order chi connectivity index (χ0) is 62.5. The maximum atomic E-state index is 2.55. The van der Waals surface area contributed by atoms with E-state index in [0.717, 1.165) is 84.5 Å². The Morgan fingerprint density at radius 2 is 0.516 bits per heavy atom. The Labute approximate surface area is 551 Å². The highest BCUT2D eigenvalue weighted by atomic mass is 15.0. The second-order valence-corrected chi connectivity index (χ2v) is 25.6. The van der Waals surface area contributed by atoms with Crippen LogP contribution in [0.25, 0.3) is 171 Å². The van der Waals surface area contributed by atoms with Crippen LogP contribution in [0.5, 0.6) is 0 Å². The summed E-state index contributed by atoms with van der Waals surface area (Å²) in [7, 11) is 0. The van der Waals surface area contributed by atoms with Crippen molar-refractivity contribution in [1.29, 1.82) is 0 Å². The van der Waals surface area contributed by atoms with E-state index in [4.69, 9.17) is 0 Å². The molecule has 3 aromatic heterocycles. The molecule has 0 atom stereocenters. The summed E-state index contributed by atoms with van der Waals surface area (Å²) in [6.45, 7) is 0. The van der Waals surface area contributed by atoms with Crippen LogP contribution < -0.4 is 0 Å². The van der Waals surface area contributed by atoms with Gasteiger partial charge in [-0.2, -0.15) is 0 Å². The molecule has 0 radical (unpaired) electrons. The number of fused-ring (bicyclic) bond motifs is 11. The van der Waals surface area contributed by atoms with Crippen LogP contribution in [0.1, 0.15) is 11.1 Å². The van der Waals surface area contributed by atoms with E-state index >= 15 is 0 Å². The van der Waals surface area contributed by atoms with E-state index in [-0.39, 0.29) is 0 Å². The molecule has 0 bridgehead atoms. The zero-order valence-corrected chi connectivity index (χ0v) is 52.2. The lowest BCUT2D eigenvalue weighted by Crippen LogP contribution is -2.07. The summed E-state index contributed by atoms with van der Waals surface area (Å²) in [5, 5.41) is 7.34. The molecule has 15 aromatic carbocycles. The third kappa shape index (κ3) is 9.26. The Morgan fingerprint density at radius 1 is 0.168 bits per heavy atom.